The number of hydrogen-bond donors (Lipinski definition) is 3. The normalized spacial score (nSPS) is 16.8. The van der Waals surface area contributed by atoms with Gasteiger partial charge in [-0.25, -0.2) is 0 Å². The van der Waals surface area contributed by atoms with Gasteiger partial charge < -0.3 is 10.6 Å². The number of rotatable bonds is 2. The molecule has 0 aliphatic carbocycles. The number of carbonyl (C=O) groups is 1. The van der Waals surface area contributed by atoms with Crippen LogP contribution >= 0.6 is 15.9 Å². The number of aromatic amines is 1. The van der Waals surface area contributed by atoms with E-state index in [1.165, 1.54) is 0 Å². The van der Waals surface area contributed by atoms with Gasteiger partial charge in [-0.2, -0.15) is 5.10 Å². The number of anilines is 2. The Bertz CT molecular complexity index is 858. The summed E-state index contributed by atoms with van der Waals surface area (Å²) in [7, 11) is 0. The second-order valence-corrected chi connectivity index (χ2v) is 5.89. The van der Waals surface area contributed by atoms with Crippen molar-refractivity contribution in [3.05, 3.63) is 52.6 Å². The number of nitrogens with zero attached hydrogens (tertiary/aromatic N) is 1. The lowest BCUT2D eigenvalue weighted by Gasteiger charge is -2.13. The van der Waals surface area contributed by atoms with Crippen molar-refractivity contribution in [3.63, 3.8) is 0 Å². The molecule has 5 nitrogen and oxygen atoms in total. The summed E-state index contributed by atoms with van der Waals surface area (Å²) in [6.45, 7) is 0. The van der Waals surface area contributed by atoms with Crippen LogP contribution in [0.25, 0.3) is 10.9 Å². The van der Waals surface area contributed by atoms with Gasteiger partial charge in [0.1, 0.15) is 6.04 Å². The van der Waals surface area contributed by atoms with Crippen molar-refractivity contribution in [1.82, 2.24) is 10.2 Å². The fourth-order valence-electron chi connectivity index (χ4n) is 2.57. The number of nitrogens with one attached hydrogen (secondary N) is 3. The fraction of sp³-hybridized carbons (Fsp3) is 0.0667. The van der Waals surface area contributed by atoms with Crippen LogP contribution in [-0.2, 0) is 4.79 Å². The van der Waals surface area contributed by atoms with E-state index >= 15 is 0 Å². The topological polar surface area (TPSA) is 69.8 Å². The van der Waals surface area contributed by atoms with Gasteiger partial charge in [0.2, 0.25) is 0 Å². The summed E-state index contributed by atoms with van der Waals surface area (Å²) in [6.07, 6.45) is 1.76. The molecule has 4 rings (SSSR count). The van der Waals surface area contributed by atoms with Crippen LogP contribution in [0.1, 0.15) is 11.6 Å². The molecule has 21 heavy (non-hydrogen) atoms. The molecule has 3 N–H and O–H groups in total. The van der Waals surface area contributed by atoms with Crippen LogP contribution in [-0.4, -0.2) is 16.1 Å². The first-order valence-electron chi connectivity index (χ1n) is 6.51. The lowest BCUT2D eigenvalue weighted by molar-refractivity contribution is -0.116. The molecule has 104 valence electrons. The fourth-order valence-corrected chi connectivity index (χ4v) is 2.95. The van der Waals surface area contributed by atoms with Crippen molar-refractivity contribution in [2.24, 2.45) is 0 Å². The first kappa shape index (κ1) is 12.4. The largest absolute Gasteiger partial charge is 0.370 e. The molecule has 1 aromatic heterocycles. The van der Waals surface area contributed by atoms with Crippen LogP contribution in [0.5, 0.6) is 0 Å². The molecular formula is C15H11BrN4O. The van der Waals surface area contributed by atoms with E-state index < -0.39 is 0 Å². The minimum Gasteiger partial charge on any atom is -0.370 e. The highest BCUT2D eigenvalue weighted by Gasteiger charge is 2.30. The van der Waals surface area contributed by atoms with E-state index in [-0.39, 0.29) is 11.9 Å². The maximum atomic E-state index is 12.2. The highest BCUT2D eigenvalue weighted by atomic mass is 79.9. The lowest BCUT2D eigenvalue weighted by Crippen LogP contribution is -2.19. The zero-order valence-corrected chi connectivity index (χ0v) is 12.4. The third kappa shape index (κ3) is 2.08. The number of amides is 1. The van der Waals surface area contributed by atoms with Gasteiger partial charge in [-0.1, -0.05) is 15.9 Å². The molecule has 0 spiro atoms. The molecule has 1 aliphatic rings. The third-order valence-electron chi connectivity index (χ3n) is 3.60. The van der Waals surface area contributed by atoms with Crippen molar-refractivity contribution >= 4 is 44.1 Å². The average molecular weight is 343 g/mol. The molecule has 1 amide bonds. The lowest BCUT2D eigenvalue weighted by atomic mass is 10.1. The van der Waals surface area contributed by atoms with E-state index in [1.54, 1.807) is 6.20 Å². The molecular weight excluding hydrogens is 332 g/mol. The number of fused-ring (bicyclic) bond motifs is 2. The summed E-state index contributed by atoms with van der Waals surface area (Å²) in [4.78, 5) is 12.2. The van der Waals surface area contributed by atoms with Gasteiger partial charge in [-0.05, 0) is 36.4 Å². The van der Waals surface area contributed by atoms with Gasteiger partial charge in [0.25, 0.3) is 5.91 Å². The Balaban J connectivity index is 1.70. The van der Waals surface area contributed by atoms with Crippen LogP contribution in [0, 0.1) is 0 Å². The van der Waals surface area contributed by atoms with Gasteiger partial charge in [0.15, 0.2) is 0 Å². The summed E-state index contributed by atoms with van der Waals surface area (Å²) in [5.74, 6) is -0.0459. The monoisotopic (exact) mass is 342 g/mol. The number of aromatic nitrogens is 2. The zero-order valence-electron chi connectivity index (χ0n) is 10.9. The second kappa shape index (κ2) is 4.60. The molecule has 0 fully saturated rings. The van der Waals surface area contributed by atoms with E-state index in [4.69, 9.17) is 0 Å². The molecule has 1 atom stereocenters. The molecule has 0 radical (unpaired) electrons. The third-order valence-corrected chi connectivity index (χ3v) is 4.09. The first-order valence-corrected chi connectivity index (χ1v) is 7.30. The maximum absolute atomic E-state index is 12.2. The van der Waals surface area contributed by atoms with Gasteiger partial charge in [-0.15, -0.1) is 0 Å². The molecule has 2 aromatic carbocycles. The van der Waals surface area contributed by atoms with Crippen molar-refractivity contribution in [2.75, 3.05) is 10.6 Å². The minimum atomic E-state index is -0.387. The Labute approximate surface area is 128 Å². The van der Waals surface area contributed by atoms with Crippen molar-refractivity contribution < 1.29 is 4.79 Å². The van der Waals surface area contributed by atoms with Crippen LogP contribution in [0.2, 0.25) is 0 Å². The van der Waals surface area contributed by atoms with Crippen LogP contribution < -0.4 is 10.6 Å². The van der Waals surface area contributed by atoms with E-state index in [0.717, 1.165) is 32.3 Å². The smallest absolute Gasteiger partial charge is 0.251 e. The number of carbonyl (C=O) groups excluding carboxylic acids is 1. The quantitative estimate of drug-likeness (QED) is 0.668. The first-order chi connectivity index (χ1) is 10.2. The Kier molecular flexibility index (Phi) is 2.71. The van der Waals surface area contributed by atoms with Gasteiger partial charge in [0.05, 0.1) is 11.7 Å². The highest BCUT2D eigenvalue weighted by Crippen LogP contribution is 2.35. The summed E-state index contributed by atoms with van der Waals surface area (Å²) in [5.41, 5.74) is 3.66. The van der Waals surface area contributed by atoms with Gasteiger partial charge >= 0.3 is 0 Å². The summed E-state index contributed by atoms with van der Waals surface area (Å²) in [5, 5.41) is 14.1. The predicted octanol–water partition coefficient (Wildman–Crippen LogP) is 3.43. The number of benzene rings is 2. The summed E-state index contributed by atoms with van der Waals surface area (Å²) < 4.78 is 0.954. The Morgan fingerprint density at radius 2 is 2.10 bits per heavy atom. The van der Waals surface area contributed by atoms with Gasteiger partial charge in [0, 0.05) is 26.8 Å². The Hall–Kier alpha value is -2.34. The molecule has 0 saturated carbocycles. The highest BCUT2D eigenvalue weighted by molar-refractivity contribution is 9.10. The number of H-pyrrole nitrogens is 1. The molecule has 2 heterocycles. The van der Waals surface area contributed by atoms with E-state index in [2.05, 4.69) is 36.8 Å². The number of hydrogen-bond acceptors (Lipinski definition) is 3. The Morgan fingerprint density at radius 3 is 3.00 bits per heavy atom. The molecule has 1 aliphatic heterocycles. The maximum Gasteiger partial charge on any atom is 0.251 e. The SMILES string of the molecule is O=C1Nc2ccc(Br)cc2C1Nc1ccc2[nH]ncc2c1. The van der Waals surface area contributed by atoms with Crippen molar-refractivity contribution in [1.29, 1.82) is 0 Å². The summed E-state index contributed by atoms with van der Waals surface area (Å²) >= 11 is 3.45. The standard InChI is InChI=1S/C15H11BrN4O/c16-9-1-3-13-11(6-9)14(15(21)19-13)18-10-2-4-12-8(5-10)7-17-20-12/h1-7,14,18H,(H,17,20)(H,19,21). The van der Waals surface area contributed by atoms with E-state index in [1.807, 2.05) is 36.4 Å². The predicted molar refractivity (Wildman–Crippen MR) is 85.2 cm³/mol. The Morgan fingerprint density at radius 1 is 1.19 bits per heavy atom. The molecule has 0 bridgehead atoms. The van der Waals surface area contributed by atoms with Crippen LogP contribution in [0.3, 0.4) is 0 Å². The van der Waals surface area contributed by atoms with Crippen LogP contribution in [0.15, 0.2) is 47.1 Å². The second-order valence-electron chi connectivity index (χ2n) is 4.97. The van der Waals surface area contributed by atoms with E-state index in [0.29, 0.717) is 0 Å². The zero-order chi connectivity index (χ0) is 14.4. The minimum absolute atomic E-state index is 0.0459. The number of halogens is 1. The van der Waals surface area contributed by atoms with Gasteiger partial charge in [-0.3, -0.25) is 9.89 Å². The molecule has 0 saturated heterocycles. The molecule has 3 aromatic rings. The molecule has 1 unspecified atom stereocenters. The van der Waals surface area contributed by atoms with Crippen molar-refractivity contribution in [3.8, 4) is 0 Å². The van der Waals surface area contributed by atoms with E-state index in [9.17, 15) is 4.79 Å². The van der Waals surface area contributed by atoms with Crippen molar-refractivity contribution in [2.45, 2.75) is 6.04 Å². The summed E-state index contributed by atoms with van der Waals surface area (Å²) in [6, 6.07) is 11.2. The average Bonchev–Trinajstić information content (AvgIpc) is 3.04. The molecule has 6 heteroatoms. The van der Waals surface area contributed by atoms with Crippen LogP contribution in [0.4, 0.5) is 11.4 Å².